The number of carbonyl (C=O) groups is 3. The molecule has 1 heterocycles. The minimum atomic E-state index is -0.814. The molecule has 7 heteroatoms. The Hall–Kier alpha value is -2.57. The van der Waals surface area contributed by atoms with Crippen molar-refractivity contribution in [3.8, 4) is 0 Å². The molecule has 18 heavy (non-hydrogen) atoms. The summed E-state index contributed by atoms with van der Waals surface area (Å²) in [5, 5.41) is 7.01. The lowest BCUT2D eigenvalue weighted by Gasteiger charge is -2.08. The minimum Gasteiger partial charge on any atom is -0.399 e. The molecule has 1 aromatic rings. The van der Waals surface area contributed by atoms with Crippen molar-refractivity contribution in [1.29, 1.82) is 0 Å². The molecule has 94 valence electrons. The molecule has 1 aliphatic rings. The number of anilines is 2. The van der Waals surface area contributed by atoms with Gasteiger partial charge in [-0.25, -0.2) is 4.79 Å². The molecule has 7 nitrogen and oxygen atoms in total. The second-order valence-corrected chi connectivity index (χ2v) is 3.89. The molecule has 1 unspecified atom stereocenters. The number of benzene rings is 1. The zero-order valence-corrected chi connectivity index (χ0v) is 9.40. The predicted molar refractivity (Wildman–Crippen MR) is 64.6 cm³/mol. The molecule has 0 spiro atoms. The van der Waals surface area contributed by atoms with Gasteiger partial charge in [-0.15, -0.1) is 0 Å². The molecule has 1 aliphatic heterocycles. The molecule has 0 aromatic heterocycles. The summed E-state index contributed by atoms with van der Waals surface area (Å²) in [6.07, 6.45) is -0.109. The van der Waals surface area contributed by atoms with Crippen LogP contribution in [0.25, 0.3) is 0 Å². The molecule has 0 aliphatic carbocycles. The van der Waals surface area contributed by atoms with Gasteiger partial charge < -0.3 is 16.4 Å². The summed E-state index contributed by atoms with van der Waals surface area (Å²) in [6, 6.07) is 5.22. The van der Waals surface area contributed by atoms with Crippen LogP contribution in [0.5, 0.6) is 0 Å². The summed E-state index contributed by atoms with van der Waals surface area (Å²) >= 11 is 0. The number of amides is 4. The van der Waals surface area contributed by atoms with E-state index in [9.17, 15) is 14.4 Å². The van der Waals surface area contributed by atoms with E-state index in [2.05, 4.69) is 16.0 Å². The minimum absolute atomic E-state index is 0.109. The normalized spacial score (nSPS) is 18.1. The molecule has 1 saturated heterocycles. The summed E-state index contributed by atoms with van der Waals surface area (Å²) in [5.74, 6) is -0.852. The summed E-state index contributed by atoms with van der Waals surface area (Å²) < 4.78 is 0. The maximum atomic E-state index is 11.6. The van der Waals surface area contributed by atoms with Crippen LogP contribution >= 0.6 is 0 Å². The number of nitrogens with one attached hydrogen (secondary N) is 3. The van der Waals surface area contributed by atoms with Crippen molar-refractivity contribution in [3.05, 3.63) is 24.3 Å². The van der Waals surface area contributed by atoms with Crippen LogP contribution in [0, 0.1) is 0 Å². The van der Waals surface area contributed by atoms with E-state index in [1.54, 1.807) is 24.3 Å². The fourth-order valence-corrected chi connectivity index (χ4v) is 1.57. The highest BCUT2D eigenvalue weighted by atomic mass is 16.2. The highest BCUT2D eigenvalue weighted by molar-refractivity contribution is 6.06. The Balaban J connectivity index is 1.91. The molecule has 4 amide bonds. The summed E-state index contributed by atoms with van der Waals surface area (Å²) in [4.78, 5) is 33.7. The Bertz CT molecular complexity index is 498. The van der Waals surface area contributed by atoms with Crippen LogP contribution < -0.4 is 21.7 Å². The molecule has 0 bridgehead atoms. The van der Waals surface area contributed by atoms with Gasteiger partial charge in [0.2, 0.25) is 5.91 Å². The highest BCUT2D eigenvalue weighted by Crippen LogP contribution is 2.11. The summed E-state index contributed by atoms with van der Waals surface area (Å²) in [5.41, 5.74) is 6.69. The van der Waals surface area contributed by atoms with Crippen molar-refractivity contribution < 1.29 is 14.4 Å². The van der Waals surface area contributed by atoms with Crippen LogP contribution in [0.15, 0.2) is 24.3 Å². The fraction of sp³-hybridized carbons (Fsp3) is 0.182. The van der Waals surface area contributed by atoms with Crippen molar-refractivity contribution in [2.75, 3.05) is 11.1 Å². The monoisotopic (exact) mass is 248 g/mol. The molecule has 1 atom stereocenters. The third-order valence-electron chi connectivity index (χ3n) is 2.44. The molecule has 1 aromatic carbocycles. The van der Waals surface area contributed by atoms with Crippen LogP contribution in [0.3, 0.4) is 0 Å². The Morgan fingerprint density at radius 1 is 1.28 bits per heavy atom. The van der Waals surface area contributed by atoms with E-state index < -0.39 is 18.0 Å². The Morgan fingerprint density at radius 2 is 1.94 bits per heavy atom. The van der Waals surface area contributed by atoms with Crippen molar-refractivity contribution in [1.82, 2.24) is 10.6 Å². The molecule has 5 N–H and O–H groups in total. The maximum Gasteiger partial charge on any atom is 0.322 e. The highest BCUT2D eigenvalue weighted by Gasteiger charge is 2.31. The SMILES string of the molecule is Nc1ccc(NC(=O)CC2NC(=O)NC2=O)cc1. The number of urea groups is 1. The fourth-order valence-electron chi connectivity index (χ4n) is 1.57. The molecule has 0 radical (unpaired) electrons. The third-order valence-corrected chi connectivity index (χ3v) is 2.44. The van der Waals surface area contributed by atoms with Crippen LogP contribution in [0.2, 0.25) is 0 Å². The number of carbonyl (C=O) groups excluding carboxylic acids is 3. The van der Waals surface area contributed by atoms with Gasteiger partial charge in [0.1, 0.15) is 6.04 Å². The van der Waals surface area contributed by atoms with E-state index in [1.165, 1.54) is 0 Å². The number of nitrogen functional groups attached to an aromatic ring is 1. The van der Waals surface area contributed by atoms with Gasteiger partial charge in [0.05, 0.1) is 6.42 Å². The van der Waals surface area contributed by atoms with Gasteiger partial charge >= 0.3 is 6.03 Å². The topological polar surface area (TPSA) is 113 Å². The summed E-state index contributed by atoms with van der Waals surface area (Å²) in [6.45, 7) is 0. The van der Waals surface area contributed by atoms with E-state index in [0.717, 1.165) is 0 Å². The van der Waals surface area contributed by atoms with Crippen LogP contribution in [0.1, 0.15) is 6.42 Å². The molecular weight excluding hydrogens is 236 g/mol. The first-order valence-electron chi connectivity index (χ1n) is 5.31. The van der Waals surface area contributed by atoms with Gasteiger partial charge in [-0.05, 0) is 24.3 Å². The van der Waals surface area contributed by atoms with E-state index in [0.29, 0.717) is 11.4 Å². The first kappa shape index (κ1) is 11.9. The quantitative estimate of drug-likeness (QED) is 0.438. The molecular formula is C11H12N4O3. The number of hydrogen-bond acceptors (Lipinski definition) is 4. The first-order chi connectivity index (χ1) is 8.54. The van der Waals surface area contributed by atoms with Crippen LogP contribution in [-0.4, -0.2) is 23.9 Å². The number of hydrogen-bond donors (Lipinski definition) is 4. The van der Waals surface area contributed by atoms with Gasteiger partial charge in [-0.1, -0.05) is 0 Å². The smallest absolute Gasteiger partial charge is 0.322 e. The van der Waals surface area contributed by atoms with Crippen molar-refractivity contribution in [3.63, 3.8) is 0 Å². The average Bonchev–Trinajstić information content (AvgIpc) is 2.61. The lowest BCUT2D eigenvalue weighted by atomic mass is 10.2. The molecule has 0 saturated carbocycles. The lowest BCUT2D eigenvalue weighted by Crippen LogP contribution is -2.33. The Kier molecular flexibility index (Phi) is 3.13. The van der Waals surface area contributed by atoms with Gasteiger partial charge in [0.15, 0.2) is 0 Å². The van der Waals surface area contributed by atoms with Gasteiger partial charge in [0, 0.05) is 11.4 Å². The standard InChI is InChI=1S/C11H12N4O3/c12-6-1-3-7(4-2-6)13-9(16)5-8-10(17)15-11(18)14-8/h1-4,8H,5,12H2,(H,13,16)(H2,14,15,17,18). The van der Waals surface area contributed by atoms with Gasteiger partial charge in [-0.2, -0.15) is 0 Å². The maximum absolute atomic E-state index is 11.6. The number of rotatable bonds is 3. The van der Waals surface area contributed by atoms with E-state index >= 15 is 0 Å². The second-order valence-electron chi connectivity index (χ2n) is 3.89. The van der Waals surface area contributed by atoms with E-state index in [4.69, 9.17) is 5.73 Å². The molecule has 2 rings (SSSR count). The lowest BCUT2D eigenvalue weighted by molar-refractivity contribution is -0.124. The van der Waals surface area contributed by atoms with Gasteiger partial charge in [0.25, 0.3) is 5.91 Å². The number of imide groups is 1. The van der Waals surface area contributed by atoms with Crippen LogP contribution in [-0.2, 0) is 9.59 Å². The van der Waals surface area contributed by atoms with Gasteiger partial charge in [-0.3, -0.25) is 14.9 Å². The second kappa shape index (κ2) is 4.74. The first-order valence-corrected chi connectivity index (χ1v) is 5.31. The van der Waals surface area contributed by atoms with E-state index in [-0.39, 0.29) is 12.3 Å². The number of nitrogens with two attached hydrogens (primary N) is 1. The Labute approximate surface area is 103 Å². The Morgan fingerprint density at radius 3 is 2.50 bits per heavy atom. The van der Waals surface area contributed by atoms with Crippen molar-refractivity contribution in [2.24, 2.45) is 0 Å². The predicted octanol–water partition coefficient (Wildman–Crippen LogP) is -0.195. The van der Waals surface area contributed by atoms with Crippen molar-refractivity contribution >= 4 is 29.2 Å². The molecule has 1 fully saturated rings. The van der Waals surface area contributed by atoms with E-state index in [1.807, 2.05) is 0 Å². The largest absolute Gasteiger partial charge is 0.399 e. The summed E-state index contributed by atoms with van der Waals surface area (Å²) in [7, 11) is 0. The average molecular weight is 248 g/mol. The zero-order chi connectivity index (χ0) is 13.1. The van der Waals surface area contributed by atoms with Crippen molar-refractivity contribution in [2.45, 2.75) is 12.5 Å². The zero-order valence-electron chi connectivity index (χ0n) is 9.40. The van der Waals surface area contributed by atoms with Crippen LogP contribution in [0.4, 0.5) is 16.2 Å². The third kappa shape index (κ3) is 2.76.